The molecule has 3 aromatic rings. The van der Waals surface area contributed by atoms with Gasteiger partial charge in [-0.15, -0.1) is 0 Å². The summed E-state index contributed by atoms with van der Waals surface area (Å²) in [7, 11) is 1.29. The number of anilines is 1. The summed E-state index contributed by atoms with van der Waals surface area (Å²) in [4.78, 5) is 40.6. The van der Waals surface area contributed by atoms with Gasteiger partial charge < -0.3 is 20.4 Å². The van der Waals surface area contributed by atoms with Gasteiger partial charge in [0.2, 0.25) is 5.91 Å². The summed E-state index contributed by atoms with van der Waals surface area (Å²) in [5.41, 5.74) is 2.44. The Labute approximate surface area is 171 Å². The number of benzene rings is 2. The number of halogens is 1. The van der Waals surface area contributed by atoms with Crippen molar-refractivity contribution in [1.82, 2.24) is 10.3 Å². The van der Waals surface area contributed by atoms with Gasteiger partial charge >= 0.3 is 5.97 Å². The molecule has 2 aromatic carbocycles. The smallest absolute Gasteiger partial charge is 0.306 e. The summed E-state index contributed by atoms with van der Waals surface area (Å²) in [6.07, 6.45) is -0.0335. The number of fused-ring (bicyclic) bond motifs is 2. The first kappa shape index (κ1) is 19.0. The first-order valence-electron chi connectivity index (χ1n) is 9.02. The van der Waals surface area contributed by atoms with Crippen LogP contribution >= 0.6 is 11.6 Å². The Bertz CT molecular complexity index is 1120. The zero-order valence-electron chi connectivity index (χ0n) is 15.5. The highest BCUT2D eigenvalue weighted by molar-refractivity contribution is 6.31. The first-order chi connectivity index (χ1) is 14.0. The fourth-order valence-electron chi connectivity index (χ4n) is 3.61. The number of H-pyrrole nitrogens is 1. The number of rotatable bonds is 4. The van der Waals surface area contributed by atoms with Gasteiger partial charge in [0.15, 0.2) is 0 Å². The van der Waals surface area contributed by atoms with E-state index in [1.165, 1.54) is 7.11 Å². The normalized spacial score (nSPS) is 18.1. The summed E-state index contributed by atoms with van der Waals surface area (Å²) >= 11 is 6.00. The second-order valence-corrected chi connectivity index (χ2v) is 7.27. The molecule has 8 heteroatoms. The van der Waals surface area contributed by atoms with Crippen LogP contribution in [0.2, 0.25) is 5.02 Å². The first-order valence-corrected chi connectivity index (χ1v) is 9.40. The molecule has 29 heavy (non-hydrogen) atoms. The lowest BCUT2D eigenvalue weighted by Gasteiger charge is -2.32. The summed E-state index contributed by atoms with van der Waals surface area (Å²) in [6.45, 7) is 0. The fourth-order valence-corrected chi connectivity index (χ4v) is 3.79. The SMILES string of the molecule is COC(=O)C[C@H]1c2ccccc2NC(=O)[C@@H]1NC(=O)c1cc2cc(Cl)ccc2[nH]1. The molecule has 1 aliphatic rings. The van der Waals surface area contributed by atoms with Gasteiger partial charge in [-0.05, 0) is 35.9 Å². The summed E-state index contributed by atoms with van der Waals surface area (Å²) in [5.74, 6) is -1.84. The Morgan fingerprint density at radius 2 is 1.97 bits per heavy atom. The van der Waals surface area contributed by atoms with Gasteiger partial charge in [0.25, 0.3) is 5.91 Å². The molecule has 148 valence electrons. The number of aromatic amines is 1. The van der Waals surface area contributed by atoms with Crippen LogP contribution in [0.3, 0.4) is 0 Å². The van der Waals surface area contributed by atoms with E-state index in [9.17, 15) is 14.4 Å². The Hall–Kier alpha value is -3.32. The highest BCUT2D eigenvalue weighted by Gasteiger charge is 2.38. The molecule has 2 heterocycles. The summed E-state index contributed by atoms with van der Waals surface area (Å²) < 4.78 is 4.79. The number of hydrogen-bond acceptors (Lipinski definition) is 4. The van der Waals surface area contributed by atoms with E-state index in [-0.39, 0.29) is 12.3 Å². The van der Waals surface area contributed by atoms with Crippen LogP contribution in [0, 0.1) is 0 Å². The maximum absolute atomic E-state index is 12.9. The number of methoxy groups -OCH3 is 1. The molecule has 0 unspecified atom stereocenters. The van der Waals surface area contributed by atoms with E-state index in [0.29, 0.717) is 16.4 Å². The van der Waals surface area contributed by atoms with Gasteiger partial charge in [0, 0.05) is 27.5 Å². The van der Waals surface area contributed by atoms with E-state index < -0.39 is 23.8 Å². The Balaban J connectivity index is 1.64. The van der Waals surface area contributed by atoms with Crippen LogP contribution < -0.4 is 10.6 Å². The van der Waals surface area contributed by atoms with Crippen molar-refractivity contribution in [3.8, 4) is 0 Å². The van der Waals surface area contributed by atoms with Crippen LogP contribution in [-0.4, -0.2) is 35.9 Å². The average Bonchev–Trinajstić information content (AvgIpc) is 3.13. The molecule has 0 fully saturated rings. The topological polar surface area (TPSA) is 100 Å². The number of amides is 2. The van der Waals surface area contributed by atoms with Gasteiger partial charge in [-0.1, -0.05) is 29.8 Å². The maximum atomic E-state index is 12.9. The molecular formula is C21H18ClN3O4. The van der Waals surface area contributed by atoms with Gasteiger partial charge in [-0.3, -0.25) is 14.4 Å². The van der Waals surface area contributed by atoms with Gasteiger partial charge in [-0.25, -0.2) is 0 Å². The van der Waals surface area contributed by atoms with Crippen molar-refractivity contribution in [2.24, 2.45) is 0 Å². The minimum Gasteiger partial charge on any atom is -0.469 e. The molecular weight excluding hydrogens is 394 g/mol. The molecule has 2 atom stereocenters. The molecule has 0 saturated heterocycles. The number of aromatic nitrogens is 1. The quantitative estimate of drug-likeness (QED) is 0.574. The third kappa shape index (κ3) is 3.69. The van der Waals surface area contributed by atoms with E-state index in [4.69, 9.17) is 16.3 Å². The summed E-state index contributed by atoms with van der Waals surface area (Å²) in [6, 6.07) is 13.2. The molecule has 2 amide bonds. The predicted octanol–water partition coefficient (Wildman–Crippen LogP) is 3.22. The molecule has 1 aromatic heterocycles. The number of hydrogen-bond donors (Lipinski definition) is 3. The van der Waals surface area contributed by atoms with Crippen molar-refractivity contribution < 1.29 is 19.1 Å². The monoisotopic (exact) mass is 411 g/mol. The lowest BCUT2D eigenvalue weighted by Crippen LogP contribution is -2.50. The van der Waals surface area contributed by atoms with Crippen LogP contribution in [0.15, 0.2) is 48.5 Å². The molecule has 7 nitrogen and oxygen atoms in total. The lowest BCUT2D eigenvalue weighted by atomic mass is 9.84. The second-order valence-electron chi connectivity index (χ2n) is 6.83. The fraction of sp³-hybridized carbons (Fsp3) is 0.190. The zero-order valence-corrected chi connectivity index (χ0v) is 16.2. The summed E-state index contributed by atoms with van der Waals surface area (Å²) in [5, 5.41) is 6.89. The standard InChI is InChI=1S/C21H18ClN3O4/c1-29-18(26)10-14-13-4-2-3-5-16(13)24-21(28)19(14)25-20(27)17-9-11-8-12(22)6-7-15(11)23-17/h2-9,14,19,23H,10H2,1H3,(H,24,28)(H,25,27)/t14-,19+/m0/s1. The minimum absolute atomic E-state index is 0.0335. The number of esters is 1. The maximum Gasteiger partial charge on any atom is 0.306 e. The van der Waals surface area contributed by atoms with Crippen LogP contribution in [0.1, 0.15) is 28.4 Å². The third-order valence-electron chi connectivity index (χ3n) is 5.03. The second kappa shape index (κ2) is 7.60. The highest BCUT2D eigenvalue weighted by Crippen LogP contribution is 2.35. The van der Waals surface area contributed by atoms with E-state index in [1.807, 2.05) is 12.1 Å². The average molecular weight is 412 g/mol. The highest BCUT2D eigenvalue weighted by atomic mass is 35.5. The zero-order chi connectivity index (χ0) is 20.5. The van der Waals surface area contributed by atoms with Crippen LogP contribution in [-0.2, 0) is 14.3 Å². The molecule has 0 saturated carbocycles. The van der Waals surface area contributed by atoms with Crippen molar-refractivity contribution >= 4 is 46.0 Å². The third-order valence-corrected chi connectivity index (χ3v) is 5.27. The van der Waals surface area contributed by atoms with Crippen molar-refractivity contribution in [2.45, 2.75) is 18.4 Å². The molecule has 4 rings (SSSR count). The number of ether oxygens (including phenoxy) is 1. The van der Waals surface area contributed by atoms with E-state index in [2.05, 4.69) is 15.6 Å². The number of carbonyl (C=O) groups excluding carboxylic acids is 3. The molecule has 0 spiro atoms. The van der Waals surface area contributed by atoms with E-state index in [1.54, 1.807) is 36.4 Å². The van der Waals surface area contributed by atoms with Crippen molar-refractivity contribution in [3.05, 3.63) is 64.8 Å². The molecule has 0 aliphatic carbocycles. The van der Waals surface area contributed by atoms with Crippen LogP contribution in [0.5, 0.6) is 0 Å². The Kier molecular flexibility index (Phi) is 4.98. The van der Waals surface area contributed by atoms with Gasteiger partial charge in [0.05, 0.1) is 13.5 Å². The lowest BCUT2D eigenvalue weighted by molar-refractivity contribution is -0.141. The minimum atomic E-state index is -0.925. The Morgan fingerprint density at radius 1 is 1.17 bits per heavy atom. The molecule has 3 N–H and O–H groups in total. The van der Waals surface area contributed by atoms with Crippen LogP contribution in [0.4, 0.5) is 5.69 Å². The van der Waals surface area contributed by atoms with Crippen molar-refractivity contribution in [2.75, 3.05) is 12.4 Å². The van der Waals surface area contributed by atoms with Gasteiger partial charge in [-0.2, -0.15) is 0 Å². The van der Waals surface area contributed by atoms with Crippen molar-refractivity contribution in [3.63, 3.8) is 0 Å². The Morgan fingerprint density at radius 3 is 2.76 bits per heavy atom. The molecule has 0 bridgehead atoms. The largest absolute Gasteiger partial charge is 0.469 e. The number of para-hydroxylation sites is 1. The van der Waals surface area contributed by atoms with Crippen molar-refractivity contribution in [1.29, 1.82) is 0 Å². The number of carbonyl (C=O) groups is 3. The molecule has 1 aliphatic heterocycles. The van der Waals surface area contributed by atoms with E-state index >= 15 is 0 Å². The number of nitrogens with one attached hydrogen (secondary N) is 3. The molecule has 0 radical (unpaired) electrons. The van der Waals surface area contributed by atoms with E-state index in [0.717, 1.165) is 16.5 Å². The van der Waals surface area contributed by atoms with Gasteiger partial charge in [0.1, 0.15) is 11.7 Å². The van der Waals surface area contributed by atoms with Crippen LogP contribution in [0.25, 0.3) is 10.9 Å². The predicted molar refractivity (Wildman–Crippen MR) is 109 cm³/mol.